The summed E-state index contributed by atoms with van der Waals surface area (Å²) in [5.41, 5.74) is 3.83. The molecule has 0 spiro atoms. The van der Waals surface area contributed by atoms with Gasteiger partial charge in [-0.1, -0.05) is 30.3 Å². The van der Waals surface area contributed by atoms with E-state index in [0.717, 1.165) is 30.0 Å². The maximum Gasteiger partial charge on any atom is 0.206 e. The third kappa shape index (κ3) is 2.16. The lowest BCUT2D eigenvalue weighted by atomic mass is 10.00. The minimum absolute atomic E-state index is 0.934. The van der Waals surface area contributed by atoms with E-state index >= 15 is 0 Å². The van der Waals surface area contributed by atoms with Gasteiger partial charge in [-0.2, -0.15) is 0 Å². The molecule has 0 saturated heterocycles. The molecule has 2 aliphatic rings. The van der Waals surface area contributed by atoms with Crippen LogP contribution < -0.4 is 19.9 Å². The Hall–Kier alpha value is -2.35. The minimum Gasteiger partial charge on any atom is -0.456 e. The molecular formula is C20H20NO+. The van der Waals surface area contributed by atoms with E-state index in [1.54, 1.807) is 0 Å². The van der Waals surface area contributed by atoms with Gasteiger partial charge in [-0.3, -0.25) is 0 Å². The van der Waals surface area contributed by atoms with Gasteiger partial charge in [-0.15, -0.1) is 0 Å². The standard InChI is InChI=1S/C20H20NO/c1-14-11-19(15-7-4-3-5-8-15)22-20-13-18-16(12-17(14)20)9-6-10-21(18)2/h3-5,7-8,11-13H,6,9-10H2,1-2H3/q+1. The number of nitrogens with zero attached hydrogens (tertiary/aromatic N) is 1. The molecule has 0 amide bonds. The fourth-order valence-corrected chi connectivity index (χ4v) is 3.36. The molecule has 0 aromatic heterocycles. The van der Waals surface area contributed by atoms with E-state index in [0.29, 0.717) is 0 Å². The summed E-state index contributed by atoms with van der Waals surface area (Å²) >= 11 is 0. The van der Waals surface area contributed by atoms with Gasteiger partial charge in [0.05, 0.1) is 6.07 Å². The Morgan fingerprint density at radius 2 is 1.91 bits per heavy atom. The SMILES string of the molecule is CC1=c2cc3c(cc2OC(c2ccccc2)=C1)=[N+](C)CCC3. The molecule has 2 heterocycles. The van der Waals surface area contributed by atoms with Gasteiger partial charge in [-0.25, -0.2) is 4.58 Å². The van der Waals surface area contributed by atoms with Crippen LogP contribution in [0.5, 0.6) is 5.75 Å². The topological polar surface area (TPSA) is 12.2 Å². The molecule has 2 aromatic carbocycles. The third-order valence-electron chi connectivity index (χ3n) is 4.58. The number of benzene rings is 2. The molecule has 0 aliphatic carbocycles. The van der Waals surface area contributed by atoms with Gasteiger partial charge in [0.25, 0.3) is 0 Å². The molecule has 22 heavy (non-hydrogen) atoms. The number of hydrogen-bond donors (Lipinski definition) is 0. The first-order valence-corrected chi connectivity index (χ1v) is 7.89. The summed E-state index contributed by atoms with van der Waals surface area (Å²) in [7, 11) is 2.16. The van der Waals surface area contributed by atoms with E-state index in [2.05, 4.69) is 48.9 Å². The molecule has 0 bridgehead atoms. The van der Waals surface area contributed by atoms with Crippen molar-refractivity contribution in [1.82, 2.24) is 4.58 Å². The predicted molar refractivity (Wildman–Crippen MR) is 90.2 cm³/mol. The number of ether oxygens (including phenoxy) is 1. The van der Waals surface area contributed by atoms with E-state index in [4.69, 9.17) is 4.74 Å². The number of hydrogen-bond acceptors (Lipinski definition) is 1. The van der Waals surface area contributed by atoms with Crippen molar-refractivity contribution < 1.29 is 4.74 Å². The Morgan fingerprint density at radius 1 is 1.09 bits per heavy atom. The maximum atomic E-state index is 6.22. The summed E-state index contributed by atoms with van der Waals surface area (Å²) < 4.78 is 8.55. The number of rotatable bonds is 1. The second-order valence-corrected chi connectivity index (χ2v) is 6.16. The van der Waals surface area contributed by atoms with Crippen LogP contribution in [0, 0.1) is 0 Å². The van der Waals surface area contributed by atoms with Gasteiger partial charge in [0.15, 0.2) is 0 Å². The van der Waals surface area contributed by atoms with Crippen LogP contribution in [-0.4, -0.2) is 13.6 Å². The van der Waals surface area contributed by atoms with Crippen molar-refractivity contribution in [3.8, 4) is 5.75 Å². The van der Waals surface area contributed by atoms with E-state index in [9.17, 15) is 0 Å². The van der Waals surface area contributed by atoms with Crippen LogP contribution in [0.4, 0.5) is 0 Å². The summed E-state index contributed by atoms with van der Waals surface area (Å²) in [4.78, 5) is 0. The smallest absolute Gasteiger partial charge is 0.206 e. The van der Waals surface area contributed by atoms with E-state index < -0.39 is 0 Å². The zero-order valence-corrected chi connectivity index (χ0v) is 13.1. The number of fused-ring (bicyclic) bond motifs is 2. The van der Waals surface area contributed by atoms with Crippen LogP contribution in [0.3, 0.4) is 0 Å². The molecule has 0 unspecified atom stereocenters. The monoisotopic (exact) mass is 290 g/mol. The second kappa shape index (κ2) is 5.13. The van der Waals surface area contributed by atoms with Crippen molar-refractivity contribution in [3.05, 3.63) is 70.2 Å². The first-order chi connectivity index (χ1) is 10.7. The molecule has 2 heteroatoms. The highest BCUT2D eigenvalue weighted by atomic mass is 16.5. The van der Waals surface area contributed by atoms with Crippen molar-refractivity contribution in [2.24, 2.45) is 0 Å². The van der Waals surface area contributed by atoms with Gasteiger partial charge >= 0.3 is 0 Å². The third-order valence-corrected chi connectivity index (χ3v) is 4.58. The molecule has 4 rings (SSSR count). The molecule has 0 atom stereocenters. The van der Waals surface area contributed by atoms with Crippen LogP contribution in [0.25, 0.3) is 11.3 Å². The van der Waals surface area contributed by atoms with Crippen LogP contribution in [-0.2, 0) is 6.42 Å². The van der Waals surface area contributed by atoms with Gasteiger partial charge in [0, 0.05) is 22.8 Å². The molecule has 2 aromatic rings. The van der Waals surface area contributed by atoms with Crippen LogP contribution in [0.15, 0.2) is 48.5 Å². The molecule has 0 radical (unpaired) electrons. The lowest BCUT2D eigenvalue weighted by Crippen LogP contribution is -2.36. The molecule has 0 saturated carbocycles. The number of allylic oxidation sites excluding steroid dienone is 1. The highest BCUT2D eigenvalue weighted by Crippen LogP contribution is 2.24. The molecule has 2 aliphatic heterocycles. The Balaban J connectivity index is 1.91. The van der Waals surface area contributed by atoms with Crippen LogP contribution in [0.1, 0.15) is 24.5 Å². The Kier molecular flexibility index (Phi) is 3.11. The van der Waals surface area contributed by atoms with Gasteiger partial charge < -0.3 is 4.74 Å². The van der Waals surface area contributed by atoms with Crippen molar-refractivity contribution >= 4 is 11.3 Å². The Bertz CT molecular complexity index is 891. The lowest BCUT2D eigenvalue weighted by Gasteiger charge is -2.18. The van der Waals surface area contributed by atoms with Crippen molar-refractivity contribution in [2.75, 3.05) is 13.6 Å². The summed E-state index contributed by atoms with van der Waals surface area (Å²) in [6, 6.07) is 14.8. The lowest BCUT2D eigenvalue weighted by molar-refractivity contribution is 0.500. The average molecular weight is 290 g/mol. The van der Waals surface area contributed by atoms with E-state index in [-0.39, 0.29) is 0 Å². The first-order valence-electron chi connectivity index (χ1n) is 7.89. The molecule has 2 nitrogen and oxygen atoms in total. The Labute approximate surface area is 130 Å². The summed E-state index contributed by atoms with van der Waals surface area (Å²) in [5, 5.41) is 2.54. The average Bonchev–Trinajstić information content (AvgIpc) is 2.55. The maximum absolute atomic E-state index is 6.22. The largest absolute Gasteiger partial charge is 0.456 e. The first kappa shape index (κ1) is 13.3. The fourth-order valence-electron chi connectivity index (χ4n) is 3.36. The molecule has 110 valence electrons. The Morgan fingerprint density at radius 3 is 2.73 bits per heavy atom. The fraction of sp³-hybridized carbons (Fsp3) is 0.250. The van der Waals surface area contributed by atoms with Crippen molar-refractivity contribution in [1.29, 1.82) is 0 Å². The van der Waals surface area contributed by atoms with E-state index in [1.807, 2.05) is 18.2 Å². The quantitative estimate of drug-likeness (QED) is 0.734. The van der Waals surface area contributed by atoms with Gasteiger partial charge in [-0.05, 0) is 31.1 Å². The summed E-state index contributed by atoms with van der Waals surface area (Å²) in [5.74, 6) is 1.91. The second-order valence-electron chi connectivity index (χ2n) is 6.16. The molecule has 0 N–H and O–H groups in total. The van der Waals surface area contributed by atoms with Crippen molar-refractivity contribution in [2.45, 2.75) is 19.8 Å². The summed E-state index contributed by atoms with van der Waals surface area (Å²) in [6.45, 7) is 3.29. The zero-order chi connectivity index (χ0) is 15.1. The highest BCUT2D eigenvalue weighted by molar-refractivity contribution is 5.76. The van der Waals surface area contributed by atoms with E-state index in [1.165, 1.54) is 28.1 Å². The van der Waals surface area contributed by atoms with Crippen LogP contribution in [0.2, 0.25) is 0 Å². The predicted octanol–water partition coefficient (Wildman–Crippen LogP) is 2.36. The zero-order valence-electron chi connectivity index (χ0n) is 13.1. The molecule has 0 fully saturated rings. The van der Waals surface area contributed by atoms with Crippen LogP contribution >= 0.6 is 0 Å². The highest BCUT2D eigenvalue weighted by Gasteiger charge is 2.19. The summed E-state index contributed by atoms with van der Waals surface area (Å²) in [6.07, 6.45) is 4.54. The number of aryl methyl sites for hydroxylation is 1. The minimum atomic E-state index is 0.934. The van der Waals surface area contributed by atoms with Gasteiger partial charge in [0.2, 0.25) is 5.36 Å². The normalized spacial score (nSPS) is 16.5. The molecular weight excluding hydrogens is 270 g/mol. The van der Waals surface area contributed by atoms with Crippen molar-refractivity contribution in [3.63, 3.8) is 0 Å². The van der Waals surface area contributed by atoms with Gasteiger partial charge in [0.1, 0.15) is 25.1 Å².